The van der Waals surface area contributed by atoms with E-state index < -0.39 is 11.2 Å². The number of pyridine rings is 1. The van der Waals surface area contributed by atoms with E-state index in [2.05, 4.69) is 30.9 Å². The van der Waals surface area contributed by atoms with E-state index in [1.807, 2.05) is 63.4 Å². The number of hydrogen-bond acceptors (Lipinski definition) is 9. The summed E-state index contributed by atoms with van der Waals surface area (Å²) in [4.78, 5) is 48.5. The van der Waals surface area contributed by atoms with Crippen LogP contribution in [0.15, 0.2) is 64.4 Å². The molecule has 1 fully saturated rings. The number of ether oxygens (including phenoxy) is 1. The quantitative estimate of drug-likeness (QED) is 0.203. The molecule has 1 saturated heterocycles. The summed E-state index contributed by atoms with van der Waals surface area (Å²) in [5, 5.41) is 9.93. The highest BCUT2D eigenvalue weighted by Gasteiger charge is 2.19. The number of rotatable bonds is 7. The lowest BCUT2D eigenvalue weighted by atomic mass is 10.00. The first-order valence-electron chi connectivity index (χ1n) is 15.4. The molecular formula is C34H38Cl2N8O4. The topological polar surface area (TPSA) is 145 Å². The molecule has 0 saturated carbocycles. The van der Waals surface area contributed by atoms with Gasteiger partial charge in [-0.25, -0.2) is 19.7 Å². The van der Waals surface area contributed by atoms with Gasteiger partial charge in [0.2, 0.25) is 11.8 Å². The number of carbonyl (C=O) groups is 1. The van der Waals surface area contributed by atoms with Crippen LogP contribution in [0.4, 0.5) is 11.5 Å². The molecule has 5 aromatic rings. The number of amides is 1. The van der Waals surface area contributed by atoms with Crippen LogP contribution in [0.3, 0.4) is 0 Å². The largest absolute Gasteiger partial charge is 0.481 e. The predicted octanol–water partition coefficient (Wildman–Crippen LogP) is 5.46. The van der Waals surface area contributed by atoms with Crippen LogP contribution in [0.5, 0.6) is 5.88 Å². The molecule has 3 aromatic heterocycles. The summed E-state index contributed by atoms with van der Waals surface area (Å²) in [7, 11) is 6.39. The van der Waals surface area contributed by atoms with Crippen molar-refractivity contribution >= 4 is 51.6 Å². The monoisotopic (exact) mass is 692 g/mol. The number of fused-ring (bicyclic) bond motifs is 1. The molecule has 2 aromatic carbocycles. The number of carbonyl (C=O) groups excluding carboxylic acids is 1. The van der Waals surface area contributed by atoms with Gasteiger partial charge in [0.25, 0.3) is 5.56 Å². The van der Waals surface area contributed by atoms with Crippen molar-refractivity contribution in [2.75, 3.05) is 26.0 Å². The minimum atomic E-state index is -0.520. The highest BCUT2D eigenvalue weighted by Crippen LogP contribution is 2.42. The number of nitrogens with one attached hydrogen (secondary N) is 3. The molecule has 0 spiro atoms. The number of hydrogen-bond donors (Lipinski definition) is 3. The molecule has 3 N–H and O–H groups in total. The van der Waals surface area contributed by atoms with E-state index in [0.29, 0.717) is 50.5 Å². The van der Waals surface area contributed by atoms with Crippen LogP contribution in [0.1, 0.15) is 32.3 Å². The maximum absolute atomic E-state index is 13.0. The van der Waals surface area contributed by atoms with Gasteiger partial charge in [-0.05, 0) is 25.6 Å². The maximum Gasteiger partial charge on any atom is 0.332 e. The van der Waals surface area contributed by atoms with Crippen molar-refractivity contribution in [1.29, 1.82) is 0 Å². The minimum Gasteiger partial charge on any atom is -0.481 e. The van der Waals surface area contributed by atoms with Crippen LogP contribution in [0.2, 0.25) is 10.0 Å². The van der Waals surface area contributed by atoms with Gasteiger partial charge in [-0.15, -0.1) is 0 Å². The van der Waals surface area contributed by atoms with Crippen LogP contribution in [-0.2, 0) is 25.4 Å². The number of aryl methyl sites for hydroxylation is 1. The fourth-order valence-corrected chi connectivity index (χ4v) is 5.68. The van der Waals surface area contributed by atoms with E-state index in [4.69, 9.17) is 27.9 Å². The van der Waals surface area contributed by atoms with E-state index >= 15 is 0 Å². The lowest BCUT2D eigenvalue weighted by molar-refractivity contribution is -0.119. The molecule has 0 aliphatic carbocycles. The van der Waals surface area contributed by atoms with E-state index in [1.165, 1.54) is 17.9 Å². The average Bonchev–Trinajstić information content (AvgIpc) is 3.59. The Hall–Kier alpha value is -4.78. The third kappa shape index (κ3) is 7.51. The SMILES string of the molecule is CC.CNCc1ccc(-c2cccc(-c3cccc(Nc4ncnc5c4c(=O)n(C)c(=O)n5C)c3Cl)c2Cl)nc1OC.O=C1CCCN1. The average molecular weight is 694 g/mol. The molecule has 1 amide bonds. The van der Waals surface area contributed by atoms with E-state index in [-0.39, 0.29) is 22.8 Å². The van der Waals surface area contributed by atoms with E-state index in [0.717, 1.165) is 29.5 Å². The molecule has 48 heavy (non-hydrogen) atoms. The van der Waals surface area contributed by atoms with Gasteiger partial charge in [0.15, 0.2) is 5.65 Å². The summed E-state index contributed by atoms with van der Waals surface area (Å²) in [5.41, 5.74) is 3.35. The number of methoxy groups -OCH3 is 1. The molecule has 0 bridgehead atoms. The van der Waals surface area contributed by atoms with Crippen molar-refractivity contribution in [2.45, 2.75) is 33.2 Å². The zero-order valence-electron chi connectivity index (χ0n) is 27.6. The Morgan fingerprint density at radius 3 is 2.23 bits per heavy atom. The fourth-order valence-electron chi connectivity index (χ4n) is 5.08. The Labute approximate surface area is 288 Å². The molecule has 4 heterocycles. The molecule has 6 rings (SSSR count). The third-order valence-corrected chi connectivity index (χ3v) is 8.27. The summed E-state index contributed by atoms with van der Waals surface area (Å²) in [5.74, 6) is 0.936. The highest BCUT2D eigenvalue weighted by molar-refractivity contribution is 6.39. The van der Waals surface area contributed by atoms with Gasteiger partial charge in [-0.3, -0.25) is 18.7 Å². The zero-order chi connectivity index (χ0) is 35.0. The van der Waals surface area contributed by atoms with Gasteiger partial charge in [0.05, 0.1) is 28.5 Å². The van der Waals surface area contributed by atoms with Crippen molar-refractivity contribution < 1.29 is 9.53 Å². The Bertz CT molecular complexity index is 2050. The molecule has 1 aliphatic heterocycles. The summed E-state index contributed by atoms with van der Waals surface area (Å²) in [6.07, 6.45) is 3.05. The highest BCUT2D eigenvalue weighted by atomic mass is 35.5. The second kappa shape index (κ2) is 16.4. The second-order valence-electron chi connectivity index (χ2n) is 10.4. The van der Waals surface area contributed by atoms with Crippen LogP contribution < -0.4 is 31.9 Å². The third-order valence-electron chi connectivity index (χ3n) is 7.46. The van der Waals surface area contributed by atoms with Gasteiger partial charge in [0.1, 0.15) is 17.5 Å². The van der Waals surface area contributed by atoms with Gasteiger partial charge < -0.3 is 20.7 Å². The predicted molar refractivity (Wildman–Crippen MR) is 191 cm³/mol. The summed E-state index contributed by atoms with van der Waals surface area (Å²) in [6.45, 7) is 5.50. The first-order valence-corrected chi connectivity index (χ1v) is 16.1. The van der Waals surface area contributed by atoms with Crippen molar-refractivity contribution in [2.24, 2.45) is 14.1 Å². The Kier molecular flexibility index (Phi) is 12.3. The van der Waals surface area contributed by atoms with E-state index in [1.54, 1.807) is 20.2 Å². The van der Waals surface area contributed by atoms with Gasteiger partial charge in [-0.1, -0.05) is 73.4 Å². The first kappa shape index (κ1) is 36.1. The smallest absolute Gasteiger partial charge is 0.332 e. The molecular weight excluding hydrogens is 655 g/mol. The normalized spacial score (nSPS) is 12.0. The van der Waals surface area contributed by atoms with Crippen LogP contribution in [-0.4, -0.2) is 50.7 Å². The number of aromatic nitrogens is 5. The molecule has 1 aliphatic rings. The fraction of sp³-hybridized carbons (Fsp3) is 0.294. The molecule has 0 radical (unpaired) electrons. The van der Waals surface area contributed by atoms with Crippen LogP contribution in [0, 0.1) is 0 Å². The first-order chi connectivity index (χ1) is 23.2. The molecule has 0 atom stereocenters. The number of benzene rings is 2. The summed E-state index contributed by atoms with van der Waals surface area (Å²) >= 11 is 13.8. The summed E-state index contributed by atoms with van der Waals surface area (Å²) in [6, 6.07) is 14.9. The van der Waals surface area contributed by atoms with E-state index in [9.17, 15) is 14.4 Å². The van der Waals surface area contributed by atoms with Crippen LogP contribution in [0.25, 0.3) is 33.4 Å². The maximum atomic E-state index is 13.0. The van der Waals surface area contributed by atoms with Gasteiger partial charge in [0, 0.05) is 55.9 Å². The Balaban J connectivity index is 0.000000578. The molecule has 0 unspecified atom stereocenters. The van der Waals surface area contributed by atoms with Crippen molar-refractivity contribution in [3.63, 3.8) is 0 Å². The number of anilines is 2. The number of halogens is 2. The van der Waals surface area contributed by atoms with Gasteiger partial charge >= 0.3 is 5.69 Å². The lowest BCUT2D eigenvalue weighted by Gasteiger charge is -2.16. The van der Waals surface area contributed by atoms with Crippen molar-refractivity contribution in [3.8, 4) is 28.3 Å². The van der Waals surface area contributed by atoms with Crippen molar-refractivity contribution in [1.82, 2.24) is 34.7 Å². The molecule has 12 nitrogen and oxygen atoms in total. The van der Waals surface area contributed by atoms with Crippen molar-refractivity contribution in [3.05, 3.63) is 91.3 Å². The molecule has 252 valence electrons. The molecule has 14 heteroatoms. The number of nitrogens with zero attached hydrogens (tertiary/aromatic N) is 5. The second-order valence-corrected chi connectivity index (χ2v) is 11.2. The Morgan fingerprint density at radius 1 is 0.917 bits per heavy atom. The zero-order valence-corrected chi connectivity index (χ0v) is 29.2. The Morgan fingerprint density at radius 2 is 1.60 bits per heavy atom. The van der Waals surface area contributed by atoms with Gasteiger partial charge in [-0.2, -0.15) is 0 Å². The standard InChI is InChI=1S/C28H25Cl2N7O3.C4H7NO.C2H6/c1-31-13-15-11-12-19(35-26(15)40-4)18-9-5-7-16(22(18)29)17-8-6-10-20(23(17)30)34-24-21-25(33-14-32-24)36(2)28(39)37(3)27(21)38;6-4-2-1-3-5-4;1-2/h5-12,14,31H,13H2,1-4H3,(H,32,33,34);1-3H2,(H,5,6);1-2H3. The van der Waals surface area contributed by atoms with Crippen LogP contribution >= 0.6 is 23.2 Å². The summed E-state index contributed by atoms with van der Waals surface area (Å²) < 4.78 is 7.79. The minimum absolute atomic E-state index is 0.162. The lowest BCUT2D eigenvalue weighted by Crippen LogP contribution is -2.37.